The lowest BCUT2D eigenvalue weighted by Crippen LogP contribution is -2.54. The van der Waals surface area contributed by atoms with E-state index in [1.54, 1.807) is 26.0 Å². The molecule has 0 unspecified atom stereocenters. The first-order valence-corrected chi connectivity index (χ1v) is 19.4. The minimum atomic E-state index is -5.71. The Morgan fingerprint density at radius 2 is 0.617 bits per heavy atom. The van der Waals surface area contributed by atoms with Crippen LogP contribution in [0.3, 0.4) is 0 Å². The van der Waals surface area contributed by atoms with Crippen LogP contribution >= 0.6 is 0 Å². The molecule has 0 heterocycles. The lowest BCUT2D eigenvalue weighted by atomic mass is 9.72. The van der Waals surface area contributed by atoms with E-state index in [0.29, 0.717) is 46.9 Å². The van der Waals surface area contributed by atoms with Crippen LogP contribution in [0.1, 0.15) is 44.5 Å². The van der Waals surface area contributed by atoms with Crippen molar-refractivity contribution in [2.24, 2.45) is 0 Å². The van der Waals surface area contributed by atoms with E-state index in [1.807, 2.05) is 38.1 Å². The van der Waals surface area contributed by atoms with Gasteiger partial charge in [-0.25, -0.2) is 8.42 Å². The predicted octanol–water partition coefficient (Wildman–Crippen LogP) is 11.1. The van der Waals surface area contributed by atoms with Crippen molar-refractivity contribution in [3.05, 3.63) is 154 Å². The molecule has 0 aliphatic heterocycles. The van der Waals surface area contributed by atoms with E-state index >= 15 is 0 Å². The number of sulfone groups is 1. The van der Waals surface area contributed by atoms with Crippen LogP contribution in [-0.4, -0.2) is 51.4 Å². The van der Waals surface area contributed by atoms with Crippen molar-refractivity contribution in [3.63, 3.8) is 0 Å². The van der Waals surface area contributed by atoms with Crippen LogP contribution in [0.5, 0.6) is 34.5 Å². The topological polar surface area (TPSA) is 156 Å². The summed E-state index contributed by atoms with van der Waals surface area (Å²) in [4.78, 5) is 0.237. The van der Waals surface area contributed by atoms with Crippen LogP contribution in [0.4, 0.5) is 26.3 Å². The SMILES string of the molecule is Cc1cc(-c2ccc(O)c(C)c2)ccc1O.Cc1cc(C(c2ccc(O)c(C)c2)(C(F)(F)F)C(F)(F)F)ccc1O.Cc1cc(S(=O)(=O)c2ccc(O)c(C)c2)ccc1O. The monoisotopic (exact) mass is 856 g/mol. The van der Waals surface area contributed by atoms with Gasteiger partial charge in [0.05, 0.1) is 9.79 Å². The van der Waals surface area contributed by atoms with Gasteiger partial charge in [0, 0.05) is 0 Å². The van der Waals surface area contributed by atoms with Gasteiger partial charge in [-0.2, -0.15) is 26.3 Å². The highest BCUT2D eigenvalue weighted by Gasteiger charge is 2.72. The molecule has 0 fully saturated rings. The molecule has 0 bridgehead atoms. The zero-order chi connectivity index (χ0) is 45.1. The molecule has 0 aliphatic carbocycles. The van der Waals surface area contributed by atoms with Gasteiger partial charge in [0.25, 0.3) is 0 Å². The molecular weight excluding hydrogens is 815 g/mol. The molecule has 6 N–H and O–H groups in total. The van der Waals surface area contributed by atoms with E-state index in [1.165, 1.54) is 50.2 Å². The summed E-state index contributed by atoms with van der Waals surface area (Å²) in [6.45, 7) is 9.42. The maximum absolute atomic E-state index is 13.9. The second kappa shape index (κ2) is 17.5. The van der Waals surface area contributed by atoms with Gasteiger partial charge in [-0.1, -0.05) is 36.4 Å². The predicted molar refractivity (Wildman–Crippen MR) is 214 cm³/mol. The normalized spacial score (nSPS) is 11.9. The third kappa shape index (κ3) is 9.57. The first-order valence-electron chi connectivity index (χ1n) is 17.9. The summed E-state index contributed by atoms with van der Waals surface area (Å²) in [6.07, 6.45) is -11.4. The largest absolute Gasteiger partial charge is 0.508 e. The van der Waals surface area contributed by atoms with Gasteiger partial charge in [0.2, 0.25) is 15.3 Å². The standard InChI is InChI=1S/C17H14F6O2.C14H14O4S.C14H14O2/c1-9-7-11(3-5-13(9)24)15(16(18,19)20,17(21,22)23)12-4-6-14(25)10(2)8-12;1-9-7-11(3-5-13(9)15)19(17,18)12-4-6-14(16)10(2)8-12;1-9-7-11(3-5-13(9)15)12-4-6-14(16)10(2)8-12/h3-8,24-25H,1-2H3;3-8,15-16H,1-2H3;3-8,15-16H,1-2H3. The van der Waals surface area contributed by atoms with E-state index in [0.717, 1.165) is 34.4 Å². The molecule has 318 valence electrons. The number of hydrogen-bond acceptors (Lipinski definition) is 8. The minimum Gasteiger partial charge on any atom is -0.508 e. The maximum Gasteiger partial charge on any atom is 0.411 e. The van der Waals surface area contributed by atoms with Crippen molar-refractivity contribution < 1.29 is 65.4 Å². The number of phenolic OH excluding ortho intramolecular Hbond substituents is 6. The van der Waals surface area contributed by atoms with Crippen molar-refractivity contribution in [1.29, 1.82) is 0 Å². The molecule has 0 radical (unpaired) electrons. The van der Waals surface area contributed by atoms with Crippen molar-refractivity contribution in [2.75, 3.05) is 0 Å². The first-order chi connectivity index (χ1) is 27.7. The molecule has 0 saturated heterocycles. The lowest BCUT2D eigenvalue weighted by molar-refractivity contribution is -0.288. The van der Waals surface area contributed by atoms with Crippen molar-refractivity contribution in [2.45, 2.75) is 69.1 Å². The molecule has 6 aromatic carbocycles. The fraction of sp³-hybridized carbons (Fsp3) is 0.200. The molecule has 0 atom stereocenters. The molecule has 0 aliphatic rings. The fourth-order valence-corrected chi connectivity index (χ4v) is 7.59. The molecule has 15 heteroatoms. The minimum absolute atomic E-state index is 0.0563. The van der Waals surface area contributed by atoms with Gasteiger partial charge in [0.1, 0.15) is 34.5 Å². The number of aryl methyl sites for hydroxylation is 6. The first kappa shape index (κ1) is 46.3. The Bertz CT molecular complexity index is 2460. The average molecular weight is 857 g/mol. The van der Waals surface area contributed by atoms with E-state index < -0.39 is 50.2 Å². The molecule has 6 rings (SSSR count). The van der Waals surface area contributed by atoms with Crippen LogP contribution in [-0.2, 0) is 15.3 Å². The molecule has 8 nitrogen and oxygen atoms in total. The van der Waals surface area contributed by atoms with Crippen LogP contribution in [0.25, 0.3) is 11.1 Å². The van der Waals surface area contributed by atoms with Crippen molar-refractivity contribution in [1.82, 2.24) is 0 Å². The summed E-state index contributed by atoms with van der Waals surface area (Å²) >= 11 is 0. The van der Waals surface area contributed by atoms with E-state index in [4.69, 9.17) is 0 Å². The number of aromatic hydroxyl groups is 6. The van der Waals surface area contributed by atoms with Gasteiger partial charge in [-0.15, -0.1) is 0 Å². The third-order valence-corrected chi connectivity index (χ3v) is 11.5. The van der Waals surface area contributed by atoms with Gasteiger partial charge < -0.3 is 30.6 Å². The van der Waals surface area contributed by atoms with E-state index in [-0.39, 0.29) is 32.4 Å². The average Bonchev–Trinajstić information content (AvgIpc) is 3.15. The summed E-state index contributed by atoms with van der Waals surface area (Å²) in [5.41, 5.74) is -1.88. The van der Waals surface area contributed by atoms with Crippen LogP contribution in [0.2, 0.25) is 0 Å². The molecule has 0 spiro atoms. The highest BCUT2D eigenvalue weighted by Crippen LogP contribution is 2.57. The highest BCUT2D eigenvalue weighted by molar-refractivity contribution is 7.91. The Morgan fingerprint density at radius 3 is 0.867 bits per heavy atom. The van der Waals surface area contributed by atoms with Gasteiger partial charge >= 0.3 is 12.4 Å². The van der Waals surface area contributed by atoms with Crippen molar-refractivity contribution in [3.8, 4) is 45.6 Å². The Balaban J connectivity index is 0.000000204. The number of benzene rings is 6. The Kier molecular flexibility index (Phi) is 13.5. The Labute approximate surface area is 342 Å². The Morgan fingerprint density at radius 1 is 0.367 bits per heavy atom. The molecular formula is C45H42F6O8S. The van der Waals surface area contributed by atoms with Crippen LogP contribution in [0.15, 0.2) is 119 Å². The summed E-state index contributed by atoms with van der Waals surface area (Å²) in [7, 11) is -3.64. The summed E-state index contributed by atoms with van der Waals surface area (Å²) in [6, 6.07) is 23.4. The second-order valence-electron chi connectivity index (χ2n) is 14.2. The highest BCUT2D eigenvalue weighted by atomic mass is 32.2. The molecule has 60 heavy (non-hydrogen) atoms. The summed E-state index contributed by atoms with van der Waals surface area (Å²) < 4.78 is 108. The summed E-state index contributed by atoms with van der Waals surface area (Å²) in [5.74, 6) is -0.104. The maximum atomic E-state index is 13.9. The molecule has 0 amide bonds. The second-order valence-corrected chi connectivity index (χ2v) is 16.1. The molecule has 0 saturated carbocycles. The van der Waals surface area contributed by atoms with Gasteiger partial charge in [0.15, 0.2) is 0 Å². The van der Waals surface area contributed by atoms with Gasteiger partial charge in [-0.3, -0.25) is 0 Å². The number of halogens is 6. The van der Waals surface area contributed by atoms with E-state index in [2.05, 4.69) is 0 Å². The number of rotatable bonds is 5. The zero-order valence-electron chi connectivity index (χ0n) is 33.1. The zero-order valence-corrected chi connectivity index (χ0v) is 33.9. The van der Waals surface area contributed by atoms with Crippen LogP contribution in [0, 0.1) is 41.5 Å². The van der Waals surface area contributed by atoms with Crippen LogP contribution < -0.4 is 0 Å². The fourth-order valence-electron chi connectivity index (χ4n) is 6.16. The van der Waals surface area contributed by atoms with E-state index in [9.17, 15) is 65.4 Å². The summed E-state index contributed by atoms with van der Waals surface area (Å²) in [5, 5.41) is 56.7. The quantitative estimate of drug-likeness (QED) is 0.0936. The van der Waals surface area contributed by atoms with Gasteiger partial charge in [-0.05, 0) is 170 Å². The third-order valence-electron chi connectivity index (χ3n) is 9.79. The number of phenols is 6. The smallest absolute Gasteiger partial charge is 0.411 e. The van der Waals surface area contributed by atoms with Crippen molar-refractivity contribution >= 4 is 9.84 Å². The number of hydrogen-bond donors (Lipinski definition) is 6. The molecule has 0 aromatic heterocycles. The Hall–Kier alpha value is -6.35. The lowest BCUT2D eigenvalue weighted by Gasteiger charge is -2.38. The molecule has 6 aromatic rings. The number of alkyl halides is 6.